The fourth-order valence-electron chi connectivity index (χ4n) is 2.48. The summed E-state index contributed by atoms with van der Waals surface area (Å²) in [7, 11) is 0. The average molecular weight is 286 g/mol. The van der Waals surface area contributed by atoms with Gasteiger partial charge in [0.2, 0.25) is 0 Å². The van der Waals surface area contributed by atoms with Gasteiger partial charge >= 0.3 is 0 Å². The SMILES string of the molecule is CCc1cc(CN(CC)Cc2ccc(N)cc2)n(CC)n1. The molecule has 0 unspecified atom stereocenters. The van der Waals surface area contributed by atoms with Gasteiger partial charge in [-0.2, -0.15) is 5.10 Å². The summed E-state index contributed by atoms with van der Waals surface area (Å²) in [5, 5.41) is 4.63. The number of anilines is 1. The highest BCUT2D eigenvalue weighted by atomic mass is 15.3. The monoisotopic (exact) mass is 286 g/mol. The maximum absolute atomic E-state index is 5.74. The van der Waals surface area contributed by atoms with E-state index in [1.54, 1.807) is 0 Å². The zero-order valence-corrected chi connectivity index (χ0v) is 13.3. The van der Waals surface area contributed by atoms with E-state index in [4.69, 9.17) is 5.73 Å². The molecule has 1 heterocycles. The predicted molar refractivity (Wildman–Crippen MR) is 87.9 cm³/mol. The first-order valence-corrected chi connectivity index (χ1v) is 7.78. The van der Waals surface area contributed by atoms with Crippen LogP contribution in [-0.2, 0) is 26.1 Å². The molecule has 4 nitrogen and oxygen atoms in total. The molecule has 1 aromatic heterocycles. The predicted octanol–water partition coefficient (Wildman–Crippen LogP) is 3.07. The molecule has 0 radical (unpaired) electrons. The third kappa shape index (κ3) is 4.08. The number of hydrogen-bond acceptors (Lipinski definition) is 3. The van der Waals surface area contributed by atoms with E-state index in [-0.39, 0.29) is 0 Å². The Morgan fingerprint density at radius 2 is 1.81 bits per heavy atom. The highest BCUT2D eigenvalue weighted by molar-refractivity contribution is 5.39. The molecule has 0 saturated heterocycles. The molecule has 114 valence electrons. The van der Waals surface area contributed by atoms with Gasteiger partial charge in [0, 0.05) is 25.3 Å². The van der Waals surface area contributed by atoms with Crippen molar-refractivity contribution in [1.82, 2.24) is 14.7 Å². The Bertz CT molecular complexity index is 557. The molecular weight excluding hydrogens is 260 g/mol. The Labute approximate surface area is 127 Å². The van der Waals surface area contributed by atoms with Crippen molar-refractivity contribution in [2.75, 3.05) is 12.3 Å². The van der Waals surface area contributed by atoms with Gasteiger partial charge in [0.15, 0.2) is 0 Å². The standard InChI is InChI=1S/C17H26N4/c1-4-16-11-17(21(6-3)19-16)13-20(5-2)12-14-7-9-15(18)10-8-14/h7-11H,4-6,12-13,18H2,1-3H3. The molecule has 0 saturated carbocycles. The Kier molecular flexibility index (Phi) is 5.39. The summed E-state index contributed by atoms with van der Waals surface area (Å²) in [6.45, 7) is 10.3. The topological polar surface area (TPSA) is 47.1 Å². The van der Waals surface area contributed by atoms with Crippen LogP contribution in [0.1, 0.15) is 37.7 Å². The van der Waals surface area contributed by atoms with E-state index >= 15 is 0 Å². The van der Waals surface area contributed by atoms with Crippen LogP contribution in [0.25, 0.3) is 0 Å². The minimum atomic E-state index is 0.818. The van der Waals surface area contributed by atoms with Crippen molar-refractivity contribution < 1.29 is 0 Å². The summed E-state index contributed by atoms with van der Waals surface area (Å²) in [5.74, 6) is 0. The summed E-state index contributed by atoms with van der Waals surface area (Å²) in [4.78, 5) is 2.42. The molecule has 2 N–H and O–H groups in total. The Morgan fingerprint density at radius 1 is 1.10 bits per heavy atom. The van der Waals surface area contributed by atoms with E-state index in [0.717, 1.165) is 38.3 Å². The molecule has 0 amide bonds. The molecular formula is C17H26N4. The van der Waals surface area contributed by atoms with Crippen LogP contribution in [0.15, 0.2) is 30.3 Å². The van der Waals surface area contributed by atoms with Crippen molar-refractivity contribution in [3.63, 3.8) is 0 Å². The zero-order valence-electron chi connectivity index (χ0n) is 13.3. The summed E-state index contributed by atoms with van der Waals surface area (Å²) in [5.41, 5.74) is 10.3. The quantitative estimate of drug-likeness (QED) is 0.796. The Hall–Kier alpha value is -1.81. The summed E-state index contributed by atoms with van der Waals surface area (Å²) < 4.78 is 2.12. The first-order chi connectivity index (χ1) is 10.2. The molecule has 21 heavy (non-hydrogen) atoms. The summed E-state index contributed by atoms with van der Waals surface area (Å²) in [6.07, 6.45) is 0.990. The molecule has 0 aliphatic heterocycles. The third-order valence-electron chi connectivity index (χ3n) is 3.79. The van der Waals surface area contributed by atoms with Crippen LogP contribution in [0.4, 0.5) is 5.69 Å². The van der Waals surface area contributed by atoms with Gasteiger partial charge in [-0.25, -0.2) is 0 Å². The normalized spacial score (nSPS) is 11.2. The molecule has 4 heteroatoms. The summed E-state index contributed by atoms with van der Waals surface area (Å²) >= 11 is 0. The fraction of sp³-hybridized carbons (Fsp3) is 0.471. The van der Waals surface area contributed by atoms with E-state index in [1.165, 1.54) is 17.0 Å². The number of nitrogen functional groups attached to an aromatic ring is 1. The van der Waals surface area contributed by atoms with Crippen molar-refractivity contribution in [2.45, 2.75) is 46.8 Å². The number of aromatic nitrogens is 2. The number of nitrogens with two attached hydrogens (primary N) is 1. The third-order valence-corrected chi connectivity index (χ3v) is 3.79. The van der Waals surface area contributed by atoms with Crippen molar-refractivity contribution in [2.24, 2.45) is 0 Å². The molecule has 0 atom stereocenters. The second-order valence-electron chi connectivity index (χ2n) is 5.34. The van der Waals surface area contributed by atoms with E-state index < -0.39 is 0 Å². The van der Waals surface area contributed by atoms with Crippen molar-refractivity contribution >= 4 is 5.69 Å². The maximum atomic E-state index is 5.74. The highest BCUT2D eigenvalue weighted by Gasteiger charge is 2.10. The van der Waals surface area contributed by atoms with Gasteiger partial charge in [-0.3, -0.25) is 9.58 Å². The highest BCUT2D eigenvalue weighted by Crippen LogP contribution is 2.13. The smallest absolute Gasteiger partial charge is 0.0625 e. The Morgan fingerprint density at radius 3 is 2.38 bits per heavy atom. The van der Waals surface area contributed by atoms with Gasteiger partial charge in [0.1, 0.15) is 0 Å². The van der Waals surface area contributed by atoms with E-state index in [0.29, 0.717) is 0 Å². The number of rotatable bonds is 7. The lowest BCUT2D eigenvalue weighted by molar-refractivity contribution is 0.262. The van der Waals surface area contributed by atoms with Crippen molar-refractivity contribution in [3.8, 4) is 0 Å². The van der Waals surface area contributed by atoms with Crippen LogP contribution in [0.3, 0.4) is 0 Å². The first kappa shape index (κ1) is 15.6. The number of hydrogen-bond donors (Lipinski definition) is 1. The van der Waals surface area contributed by atoms with Crippen LogP contribution in [0, 0.1) is 0 Å². The van der Waals surface area contributed by atoms with Crippen LogP contribution in [-0.4, -0.2) is 21.2 Å². The minimum absolute atomic E-state index is 0.818. The second-order valence-corrected chi connectivity index (χ2v) is 5.34. The van der Waals surface area contributed by atoms with Crippen LogP contribution < -0.4 is 5.73 Å². The van der Waals surface area contributed by atoms with Gasteiger partial charge < -0.3 is 5.73 Å². The summed E-state index contributed by atoms with van der Waals surface area (Å²) in [6, 6.07) is 10.4. The van der Waals surface area contributed by atoms with Crippen LogP contribution in [0.5, 0.6) is 0 Å². The number of nitrogens with zero attached hydrogens (tertiary/aromatic N) is 3. The zero-order chi connectivity index (χ0) is 15.2. The minimum Gasteiger partial charge on any atom is -0.399 e. The van der Waals surface area contributed by atoms with Gasteiger partial charge in [-0.1, -0.05) is 26.0 Å². The molecule has 1 aromatic carbocycles. The van der Waals surface area contributed by atoms with Crippen molar-refractivity contribution in [3.05, 3.63) is 47.3 Å². The van der Waals surface area contributed by atoms with Gasteiger partial charge in [-0.05, 0) is 43.7 Å². The second kappa shape index (κ2) is 7.27. The molecule has 2 rings (SSSR count). The van der Waals surface area contributed by atoms with Crippen LogP contribution >= 0.6 is 0 Å². The first-order valence-electron chi connectivity index (χ1n) is 7.78. The van der Waals surface area contributed by atoms with Crippen LogP contribution in [0.2, 0.25) is 0 Å². The lowest BCUT2D eigenvalue weighted by Gasteiger charge is -2.21. The molecule has 0 fully saturated rings. The molecule has 2 aromatic rings. The van der Waals surface area contributed by atoms with E-state index in [2.05, 4.69) is 53.7 Å². The van der Waals surface area contributed by atoms with Gasteiger partial charge in [0.25, 0.3) is 0 Å². The van der Waals surface area contributed by atoms with Crippen molar-refractivity contribution in [1.29, 1.82) is 0 Å². The lowest BCUT2D eigenvalue weighted by atomic mass is 10.2. The van der Waals surface area contributed by atoms with E-state index in [9.17, 15) is 0 Å². The Balaban J connectivity index is 2.08. The maximum Gasteiger partial charge on any atom is 0.0625 e. The van der Waals surface area contributed by atoms with E-state index in [1.807, 2.05) is 12.1 Å². The average Bonchev–Trinajstić information content (AvgIpc) is 2.91. The molecule has 0 bridgehead atoms. The van der Waals surface area contributed by atoms with Gasteiger partial charge in [-0.15, -0.1) is 0 Å². The molecule has 0 aliphatic rings. The molecule has 0 aliphatic carbocycles. The van der Waals surface area contributed by atoms with Gasteiger partial charge in [0.05, 0.1) is 11.4 Å². The molecule has 0 spiro atoms. The largest absolute Gasteiger partial charge is 0.399 e. The number of benzene rings is 1. The number of aryl methyl sites for hydroxylation is 2. The fourth-order valence-corrected chi connectivity index (χ4v) is 2.48. The lowest BCUT2D eigenvalue weighted by Crippen LogP contribution is -2.24.